The molecule has 0 bridgehead atoms. The Morgan fingerprint density at radius 3 is 2.50 bits per heavy atom. The second-order valence-corrected chi connectivity index (χ2v) is 16.5. The molecule has 0 fully saturated rings. The standard InChI is InChI=1S/C38H44FN5O2S2/c1-7-38(5,6)25-15-18-28-29(21-25)48-34-33(28)35(46)43(20-19-24-13-16-26(39)17-14-24)36(41-34)47-23-32(45)40-31-22-30(37(2,3)4)42-44(31)27-11-9-8-10-12-27/h8-14,16-17,22,25H,7,15,18-21,23H2,1-6H3,(H,40,45). The number of anilines is 1. The zero-order valence-corrected chi connectivity index (χ0v) is 30.2. The van der Waals surface area contributed by atoms with E-state index in [1.807, 2.05) is 36.4 Å². The molecular weight excluding hydrogens is 642 g/mol. The van der Waals surface area contributed by atoms with Crippen LogP contribution in [0.1, 0.15) is 76.1 Å². The molecule has 0 saturated heterocycles. The SMILES string of the molecule is CCC(C)(C)C1CCc2c(sc3nc(SCC(=O)Nc4cc(C(C)(C)C)nn4-c4ccccc4)n(CCc4ccc(F)cc4)c(=O)c23)C1. The number of benzene rings is 2. The van der Waals surface area contributed by atoms with Gasteiger partial charge in [0.15, 0.2) is 5.16 Å². The van der Waals surface area contributed by atoms with Crippen molar-refractivity contribution in [1.82, 2.24) is 19.3 Å². The quantitative estimate of drug-likeness (QED) is 0.118. The van der Waals surface area contributed by atoms with Gasteiger partial charge in [0.2, 0.25) is 5.91 Å². The van der Waals surface area contributed by atoms with Crippen LogP contribution in [0.5, 0.6) is 0 Å². The monoisotopic (exact) mass is 685 g/mol. The van der Waals surface area contributed by atoms with Gasteiger partial charge in [-0.1, -0.05) is 90.1 Å². The van der Waals surface area contributed by atoms with Crippen LogP contribution in [0, 0.1) is 17.2 Å². The lowest BCUT2D eigenvalue weighted by atomic mass is 9.70. The van der Waals surface area contributed by atoms with Crippen molar-refractivity contribution in [3.8, 4) is 5.69 Å². The van der Waals surface area contributed by atoms with Gasteiger partial charge in [-0.15, -0.1) is 11.3 Å². The molecule has 2 aromatic carbocycles. The number of aromatic nitrogens is 4. The summed E-state index contributed by atoms with van der Waals surface area (Å²) in [5.41, 5.74) is 3.75. The maximum atomic E-state index is 14.3. The van der Waals surface area contributed by atoms with E-state index >= 15 is 0 Å². The van der Waals surface area contributed by atoms with Crippen LogP contribution >= 0.6 is 23.1 Å². The molecule has 3 heterocycles. The summed E-state index contributed by atoms with van der Waals surface area (Å²) in [6.45, 7) is 13.6. The number of hydrogen-bond donors (Lipinski definition) is 1. The van der Waals surface area contributed by atoms with E-state index in [1.54, 1.807) is 32.7 Å². The van der Waals surface area contributed by atoms with Gasteiger partial charge >= 0.3 is 0 Å². The van der Waals surface area contributed by atoms with Crippen molar-refractivity contribution in [1.29, 1.82) is 0 Å². The van der Waals surface area contributed by atoms with E-state index in [4.69, 9.17) is 10.1 Å². The molecule has 1 unspecified atom stereocenters. The highest BCUT2D eigenvalue weighted by Crippen LogP contribution is 2.44. The van der Waals surface area contributed by atoms with Gasteiger partial charge in [0, 0.05) is 22.9 Å². The number of rotatable bonds is 10. The number of aryl methyl sites for hydroxylation is 2. The Hall–Kier alpha value is -3.76. The summed E-state index contributed by atoms with van der Waals surface area (Å²) in [4.78, 5) is 34.8. The van der Waals surface area contributed by atoms with Crippen molar-refractivity contribution < 1.29 is 9.18 Å². The van der Waals surface area contributed by atoms with Crippen LogP contribution in [0.2, 0.25) is 0 Å². The first kappa shape index (κ1) is 34.1. The van der Waals surface area contributed by atoms with E-state index in [9.17, 15) is 14.0 Å². The van der Waals surface area contributed by atoms with Gasteiger partial charge in [0.1, 0.15) is 16.5 Å². The summed E-state index contributed by atoms with van der Waals surface area (Å²) >= 11 is 2.90. The van der Waals surface area contributed by atoms with Crippen LogP contribution < -0.4 is 10.9 Å². The molecule has 1 N–H and O–H groups in total. The summed E-state index contributed by atoms with van der Waals surface area (Å²) < 4.78 is 17.1. The third-order valence-electron chi connectivity index (χ3n) is 9.77. The average molecular weight is 686 g/mol. The number of nitrogens with zero attached hydrogens (tertiary/aromatic N) is 4. The molecule has 1 aliphatic rings. The molecule has 0 saturated carbocycles. The molecule has 48 heavy (non-hydrogen) atoms. The van der Waals surface area contributed by atoms with Gasteiger partial charge < -0.3 is 5.32 Å². The lowest BCUT2D eigenvalue weighted by molar-refractivity contribution is -0.113. The van der Waals surface area contributed by atoms with E-state index < -0.39 is 0 Å². The average Bonchev–Trinajstić information content (AvgIpc) is 3.66. The largest absolute Gasteiger partial charge is 0.310 e. The number of thiophene rings is 1. The highest BCUT2D eigenvalue weighted by atomic mass is 32.2. The predicted molar refractivity (Wildman–Crippen MR) is 195 cm³/mol. The molecule has 1 aliphatic carbocycles. The van der Waals surface area contributed by atoms with Gasteiger partial charge in [-0.05, 0) is 72.4 Å². The Morgan fingerprint density at radius 1 is 1.08 bits per heavy atom. The van der Waals surface area contributed by atoms with Crippen LogP contribution in [0.15, 0.2) is 70.6 Å². The Kier molecular flexibility index (Phi) is 9.69. The molecule has 7 nitrogen and oxygen atoms in total. The first-order valence-electron chi connectivity index (χ1n) is 16.7. The summed E-state index contributed by atoms with van der Waals surface area (Å²) in [5, 5.41) is 9.11. The summed E-state index contributed by atoms with van der Waals surface area (Å²) in [5.74, 6) is 0.705. The Morgan fingerprint density at radius 2 is 1.81 bits per heavy atom. The molecule has 5 aromatic rings. The summed E-state index contributed by atoms with van der Waals surface area (Å²) in [7, 11) is 0. The van der Waals surface area contributed by atoms with Crippen LogP contribution in [0.3, 0.4) is 0 Å². The van der Waals surface area contributed by atoms with Gasteiger partial charge in [0.25, 0.3) is 5.56 Å². The van der Waals surface area contributed by atoms with Gasteiger partial charge in [0.05, 0.1) is 22.5 Å². The fourth-order valence-electron chi connectivity index (χ4n) is 6.31. The minimum atomic E-state index is -0.293. The van der Waals surface area contributed by atoms with Crippen LogP contribution in [-0.4, -0.2) is 31.0 Å². The van der Waals surface area contributed by atoms with Crippen molar-refractivity contribution in [3.63, 3.8) is 0 Å². The van der Waals surface area contributed by atoms with Crippen molar-refractivity contribution in [2.45, 2.75) is 90.8 Å². The van der Waals surface area contributed by atoms with Gasteiger partial charge in [-0.3, -0.25) is 14.2 Å². The molecule has 252 valence electrons. The summed E-state index contributed by atoms with van der Waals surface area (Å²) in [6.07, 6.45) is 4.54. The highest BCUT2D eigenvalue weighted by Gasteiger charge is 2.34. The third kappa shape index (κ3) is 7.15. The van der Waals surface area contributed by atoms with E-state index in [0.717, 1.165) is 58.4 Å². The number of nitrogens with one attached hydrogen (secondary N) is 1. The Balaban J connectivity index is 1.30. The maximum Gasteiger partial charge on any atom is 0.263 e. The minimum Gasteiger partial charge on any atom is -0.310 e. The fourth-order valence-corrected chi connectivity index (χ4v) is 8.47. The molecule has 0 aliphatic heterocycles. The second kappa shape index (κ2) is 13.6. The van der Waals surface area contributed by atoms with Crippen LogP contribution in [0.25, 0.3) is 15.9 Å². The predicted octanol–water partition coefficient (Wildman–Crippen LogP) is 8.59. The smallest absolute Gasteiger partial charge is 0.263 e. The van der Waals surface area contributed by atoms with Crippen molar-refractivity contribution >= 4 is 45.0 Å². The van der Waals surface area contributed by atoms with Crippen LogP contribution in [-0.2, 0) is 36.0 Å². The van der Waals surface area contributed by atoms with E-state index in [2.05, 4.69) is 46.9 Å². The minimum absolute atomic E-state index is 0.0623. The molecule has 0 spiro atoms. The van der Waals surface area contributed by atoms with Crippen molar-refractivity contribution in [3.05, 3.63) is 98.5 Å². The number of fused-ring (bicyclic) bond motifs is 3. The lowest BCUT2D eigenvalue weighted by Gasteiger charge is -2.36. The number of thioether (sulfide) groups is 1. The number of amides is 1. The highest BCUT2D eigenvalue weighted by molar-refractivity contribution is 7.99. The van der Waals surface area contributed by atoms with Gasteiger partial charge in [-0.2, -0.15) is 5.10 Å². The topological polar surface area (TPSA) is 81.8 Å². The first-order valence-corrected chi connectivity index (χ1v) is 18.5. The summed E-state index contributed by atoms with van der Waals surface area (Å²) in [6, 6.07) is 18.0. The van der Waals surface area contributed by atoms with E-state index in [-0.39, 0.29) is 33.9 Å². The molecule has 10 heteroatoms. The molecule has 6 rings (SSSR count). The molecule has 0 radical (unpaired) electrons. The number of carbonyl (C=O) groups excluding carboxylic acids is 1. The van der Waals surface area contributed by atoms with Crippen molar-refractivity contribution in [2.24, 2.45) is 11.3 Å². The Bertz CT molecular complexity index is 1990. The normalized spacial score (nSPS) is 15.1. The second-order valence-electron chi connectivity index (χ2n) is 14.4. The van der Waals surface area contributed by atoms with E-state index in [1.165, 1.54) is 28.8 Å². The third-order valence-corrected chi connectivity index (χ3v) is 11.9. The molecule has 1 amide bonds. The molecule has 3 aromatic heterocycles. The number of para-hydroxylation sites is 1. The van der Waals surface area contributed by atoms with E-state index in [0.29, 0.717) is 29.9 Å². The Labute approximate surface area is 290 Å². The zero-order chi connectivity index (χ0) is 34.2. The lowest BCUT2D eigenvalue weighted by Crippen LogP contribution is -2.29. The van der Waals surface area contributed by atoms with Crippen molar-refractivity contribution in [2.75, 3.05) is 11.1 Å². The van der Waals surface area contributed by atoms with Gasteiger partial charge in [-0.25, -0.2) is 14.1 Å². The fraction of sp³-hybridized carbons (Fsp3) is 0.421. The molecular formula is C38H44FN5O2S2. The molecule has 1 atom stereocenters. The van der Waals surface area contributed by atoms with Crippen LogP contribution in [0.4, 0.5) is 10.2 Å². The zero-order valence-electron chi connectivity index (χ0n) is 28.6. The maximum absolute atomic E-state index is 14.3. The first-order chi connectivity index (χ1) is 22.8. The number of hydrogen-bond acceptors (Lipinski definition) is 6. The number of halogens is 1. The number of carbonyl (C=O) groups is 1.